The summed E-state index contributed by atoms with van der Waals surface area (Å²) in [6, 6.07) is 11.1. The predicted octanol–water partition coefficient (Wildman–Crippen LogP) is 2.35. The summed E-state index contributed by atoms with van der Waals surface area (Å²) in [4.78, 5) is 15.8. The predicted molar refractivity (Wildman–Crippen MR) is 79.8 cm³/mol. The maximum absolute atomic E-state index is 11.7. The van der Waals surface area contributed by atoms with Crippen molar-refractivity contribution in [3.05, 3.63) is 53.7 Å². The zero-order chi connectivity index (χ0) is 15.1. The Balaban J connectivity index is 1.81. The molecule has 0 bridgehead atoms. The number of carbonyl (C=O) groups excluding carboxylic acids is 1. The van der Waals surface area contributed by atoms with Crippen LogP contribution in [-0.4, -0.2) is 18.1 Å². The Kier molecular flexibility index (Phi) is 5.15. The van der Waals surface area contributed by atoms with Crippen molar-refractivity contribution < 1.29 is 14.3 Å². The first-order chi connectivity index (χ1) is 10.2. The van der Waals surface area contributed by atoms with Crippen molar-refractivity contribution in [2.45, 2.75) is 19.4 Å². The van der Waals surface area contributed by atoms with Crippen LogP contribution in [0, 0.1) is 0 Å². The van der Waals surface area contributed by atoms with Gasteiger partial charge < -0.3 is 15.2 Å². The number of aryl methyl sites for hydroxylation is 1. The van der Waals surface area contributed by atoms with Crippen LogP contribution in [0.1, 0.15) is 17.5 Å². The van der Waals surface area contributed by atoms with Gasteiger partial charge in [-0.25, -0.2) is 4.98 Å². The zero-order valence-electron chi connectivity index (χ0n) is 11.9. The monoisotopic (exact) mass is 286 g/mol. The number of esters is 1. The maximum atomic E-state index is 11.7. The molecule has 110 valence electrons. The van der Waals surface area contributed by atoms with Gasteiger partial charge >= 0.3 is 5.97 Å². The molecular weight excluding hydrogens is 268 g/mol. The molecule has 0 amide bonds. The second-order valence-corrected chi connectivity index (χ2v) is 4.57. The average molecular weight is 286 g/mol. The van der Waals surface area contributed by atoms with Gasteiger partial charge in [-0.15, -0.1) is 0 Å². The van der Waals surface area contributed by atoms with E-state index in [9.17, 15) is 4.79 Å². The van der Waals surface area contributed by atoms with E-state index in [-0.39, 0.29) is 12.6 Å². The lowest BCUT2D eigenvalue weighted by Crippen LogP contribution is -2.07. The molecule has 2 aromatic rings. The number of hydrogen-bond donors (Lipinski definition) is 1. The summed E-state index contributed by atoms with van der Waals surface area (Å²) in [7, 11) is 1.54. The summed E-state index contributed by atoms with van der Waals surface area (Å²) in [5.41, 5.74) is 8.13. The molecule has 5 nitrogen and oxygen atoms in total. The van der Waals surface area contributed by atoms with Crippen LogP contribution in [-0.2, 0) is 22.6 Å². The fourth-order valence-corrected chi connectivity index (χ4v) is 1.88. The van der Waals surface area contributed by atoms with Gasteiger partial charge in [0, 0.05) is 18.3 Å². The van der Waals surface area contributed by atoms with Crippen LogP contribution in [0.4, 0.5) is 5.69 Å². The van der Waals surface area contributed by atoms with E-state index >= 15 is 0 Å². The molecule has 0 saturated carbocycles. The number of nitrogen functional groups attached to an aromatic ring is 1. The van der Waals surface area contributed by atoms with Crippen LogP contribution in [0.3, 0.4) is 0 Å². The van der Waals surface area contributed by atoms with Gasteiger partial charge in [0.15, 0.2) is 0 Å². The number of aromatic nitrogens is 1. The van der Waals surface area contributed by atoms with E-state index in [0.717, 1.165) is 11.1 Å². The summed E-state index contributed by atoms with van der Waals surface area (Å²) in [6.07, 6.45) is 2.58. The van der Waals surface area contributed by atoms with Gasteiger partial charge in [0.1, 0.15) is 6.61 Å². The molecule has 0 spiro atoms. The topological polar surface area (TPSA) is 74.4 Å². The quantitative estimate of drug-likeness (QED) is 0.651. The first-order valence-electron chi connectivity index (χ1n) is 6.67. The number of carbonyl (C=O) groups is 1. The molecule has 1 heterocycles. The summed E-state index contributed by atoms with van der Waals surface area (Å²) in [5, 5.41) is 0. The van der Waals surface area contributed by atoms with Gasteiger partial charge in [-0.05, 0) is 36.2 Å². The standard InChI is InChI=1S/C16H18N2O3/c1-20-16-13(3-2-10-18-16)11-21-15(19)9-6-12-4-7-14(17)8-5-12/h2-5,7-8,10H,6,9,11,17H2,1H3. The van der Waals surface area contributed by atoms with E-state index in [1.165, 1.54) is 7.11 Å². The Morgan fingerprint density at radius 2 is 2.00 bits per heavy atom. The van der Waals surface area contributed by atoms with Crippen molar-refractivity contribution in [2.24, 2.45) is 0 Å². The lowest BCUT2D eigenvalue weighted by atomic mass is 10.1. The number of pyridine rings is 1. The molecule has 1 aromatic heterocycles. The van der Waals surface area contributed by atoms with Crippen LogP contribution >= 0.6 is 0 Å². The van der Waals surface area contributed by atoms with Crippen molar-refractivity contribution in [2.75, 3.05) is 12.8 Å². The smallest absolute Gasteiger partial charge is 0.306 e. The fraction of sp³-hybridized carbons (Fsp3) is 0.250. The highest BCUT2D eigenvalue weighted by Crippen LogP contribution is 2.15. The molecule has 0 fully saturated rings. The van der Waals surface area contributed by atoms with Crippen LogP contribution < -0.4 is 10.5 Å². The van der Waals surface area contributed by atoms with Crippen molar-refractivity contribution >= 4 is 11.7 Å². The Hall–Kier alpha value is -2.56. The van der Waals surface area contributed by atoms with Crippen LogP contribution in [0.15, 0.2) is 42.6 Å². The Labute approximate surface area is 123 Å². The van der Waals surface area contributed by atoms with E-state index in [1.807, 2.05) is 30.3 Å². The van der Waals surface area contributed by atoms with E-state index in [0.29, 0.717) is 24.4 Å². The number of hydrogen-bond acceptors (Lipinski definition) is 5. The minimum absolute atomic E-state index is 0.164. The summed E-state index contributed by atoms with van der Waals surface area (Å²) < 4.78 is 10.3. The minimum Gasteiger partial charge on any atom is -0.481 e. The third-order valence-electron chi connectivity index (χ3n) is 3.03. The lowest BCUT2D eigenvalue weighted by Gasteiger charge is -2.08. The van der Waals surface area contributed by atoms with Crippen LogP contribution in [0.2, 0.25) is 0 Å². The first-order valence-corrected chi connectivity index (χ1v) is 6.67. The Morgan fingerprint density at radius 1 is 1.24 bits per heavy atom. The van der Waals surface area contributed by atoms with Gasteiger partial charge in [-0.2, -0.15) is 0 Å². The van der Waals surface area contributed by atoms with E-state index in [2.05, 4.69) is 4.98 Å². The molecular formula is C16H18N2O3. The van der Waals surface area contributed by atoms with Gasteiger partial charge in [0.2, 0.25) is 5.88 Å². The number of methoxy groups -OCH3 is 1. The molecule has 0 aliphatic carbocycles. The number of nitrogens with zero attached hydrogens (tertiary/aromatic N) is 1. The van der Waals surface area contributed by atoms with Crippen molar-refractivity contribution in [3.63, 3.8) is 0 Å². The van der Waals surface area contributed by atoms with Crippen molar-refractivity contribution in [3.8, 4) is 5.88 Å². The van der Waals surface area contributed by atoms with Crippen molar-refractivity contribution in [1.29, 1.82) is 0 Å². The average Bonchev–Trinajstić information content (AvgIpc) is 2.52. The zero-order valence-corrected chi connectivity index (χ0v) is 11.9. The second-order valence-electron chi connectivity index (χ2n) is 4.57. The summed E-state index contributed by atoms with van der Waals surface area (Å²) in [6.45, 7) is 0.164. The Bertz CT molecular complexity index is 597. The Morgan fingerprint density at radius 3 is 2.71 bits per heavy atom. The maximum Gasteiger partial charge on any atom is 0.306 e. The molecule has 0 radical (unpaired) electrons. The highest BCUT2D eigenvalue weighted by Gasteiger charge is 2.08. The molecule has 0 unspecified atom stereocenters. The first kappa shape index (κ1) is 14.8. The van der Waals surface area contributed by atoms with Crippen LogP contribution in [0.25, 0.3) is 0 Å². The number of anilines is 1. The minimum atomic E-state index is -0.252. The molecule has 0 aliphatic rings. The van der Waals surface area contributed by atoms with E-state index in [1.54, 1.807) is 12.3 Å². The normalized spacial score (nSPS) is 10.1. The molecule has 0 atom stereocenters. The second kappa shape index (κ2) is 7.28. The third-order valence-corrected chi connectivity index (χ3v) is 3.03. The number of ether oxygens (including phenoxy) is 2. The van der Waals surface area contributed by atoms with Gasteiger partial charge in [0.25, 0.3) is 0 Å². The number of rotatable bonds is 6. The fourth-order valence-electron chi connectivity index (χ4n) is 1.88. The molecule has 0 saturated heterocycles. The summed E-state index contributed by atoms with van der Waals surface area (Å²) in [5.74, 6) is 0.224. The molecule has 2 rings (SSSR count). The van der Waals surface area contributed by atoms with E-state index < -0.39 is 0 Å². The van der Waals surface area contributed by atoms with E-state index in [4.69, 9.17) is 15.2 Å². The lowest BCUT2D eigenvalue weighted by molar-refractivity contribution is -0.144. The molecule has 2 N–H and O–H groups in total. The highest BCUT2D eigenvalue weighted by atomic mass is 16.5. The molecule has 21 heavy (non-hydrogen) atoms. The molecule has 0 aliphatic heterocycles. The molecule has 1 aromatic carbocycles. The number of nitrogens with two attached hydrogens (primary N) is 1. The van der Waals surface area contributed by atoms with Gasteiger partial charge in [0.05, 0.1) is 12.7 Å². The SMILES string of the molecule is COc1ncccc1COC(=O)CCc1ccc(N)cc1. The molecule has 5 heteroatoms. The summed E-state index contributed by atoms with van der Waals surface area (Å²) >= 11 is 0. The highest BCUT2D eigenvalue weighted by molar-refractivity contribution is 5.69. The van der Waals surface area contributed by atoms with Gasteiger partial charge in [-0.3, -0.25) is 4.79 Å². The van der Waals surface area contributed by atoms with Gasteiger partial charge in [-0.1, -0.05) is 12.1 Å². The number of benzene rings is 1. The third kappa shape index (κ3) is 4.49. The van der Waals surface area contributed by atoms with Crippen molar-refractivity contribution in [1.82, 2.24) is 4.98 Å². The largest absolute Gasteiger partial charge is 0.481 e. The van der Waals surface area contributed by atoms with Crippen LogP contribution in [0.5, 0.6) is 5.88 Å².